The molecule has 4 heteroatoms. The summed E-state index contributed by atoms with van der Waals surface area (Å²) in [7, 11) is 0. The van der Waals surface area contributed by atoms with Crippen LogP contribution in [0.25, 0.3) is 0 Å². The number of fused-ring (bicyclic) bond motifs is 1. The average Bonchev–Trinajstić information content (AvgIpc) is 3.01. The maximum atomic E-state index is 6.04. The maximum Gasteiger partial charge on any atom is 0.193 e. The number of hydrogen-bond donors (Lipinski definition) is 2. The molecule has 0 bridgehead atoms. The Morgan fingerprint density at radius 3 is 2.82 bits per heavy atom. The minimum atomic E-state index is 0. The Balaban J connectivity index is 0.00000176. The summed E-state index contributed by atoms with van der Waals surface area (Å²) in [5.74, 6) is 0.549. The van der Waals surface area contributed by atoms with E-state index in [-0.39, 0.29) is 24.0 Å². The van der Waals surface area contributed by atoms with Gasteiger partial charge in [0.05, 0.1) is 0 Å². The molecule has 0 unspecified atom stereocenters. The fourth-order valence-electron chi connectivity index (χ4n) is 3.36. The predicted octanol–water partition coefficient (Wildman–Crippen LogP) is 4.41. The van der Waals surface area contributed by atoms with E-state index in [0.29, 0.717) is 5.96 Å². The van der Waals surface area contributed by atoms with Gasteiger partial charge >= 0.3 is 0 Å². The minimum absolute atomic E-state index is 0. The SMILES string of the molecule is I.NC(=NCCC1=CCCC1)Nc1cccc2c1CCCC2. The average molecular weight is 411 g/mol. The predicted molar refractivity (Wildman–Crippen MR) is 105 cm³/mol. The molecule has 120 valence electrons. The summed E-state index contributed by atoms with van der Waals surface area (Å²) >= 11 is 0. The van der Waals surface area contributed by atoms with E-state index in [1.165, 1.54) is 49.7 Å². The van der Waals surface area contributed by atoms with Crippen LogP contribution in [0.15, 0.2) is 34.8 Å². The van der Waals surface area contributed by atoms with Crippen LogP contribution in [-0.2, 0) is 12.8 Å². The van der Waals surface area contributed by atoms with Crippen molar-refractivity contribution in [2.24, 2.45) is 10.7 Å². The molecule has 0 aromatic heterocycles. The van der Waals surface area contributed by atoms with Gasteiger partial charge in [-0.1, -0.05) is 23.8 Å². The highest BCUT2D eigenvalue weighted by Gasteiger charge is 2.13. The third-order valence-electron chi connectivity index (χ3n) is 4.51. The molecule has 0 atom stereocenters. The number of anilines is 1. The number of halogens is 1. The molecule has 0 aliphatic heterocycles. The quantitative estimate of drug-likeness (QED) is 0.334. The molecular weight excluding hydrogens is 385 g/mol. The molecule has 3 rings (SSSR count). The second-order valence-electron chi connectivity index (χ2n) is 6.05. The Morgan fingerprint density at radius 1 is 1.14 bits per heavy atom. The van der Waals surface area contributed by atoms with Gasteiger partial charge in [-0.05, 0) is 68.6 Å². The second kappa shape index (κ2) is 8.56. The van der Waals surface area contributed by atoms with Crippen molar-refractivity contribution in [2.75, 3.05) is 11.9 Å². The van der Waals surface area contributed by atoms with Crippen molar-refractivity contribution in [1.82, 2.24) is 0 Å². The number of hydrogen-bond acceptors (Lipinski definition) is 1. The number of aliphatic imine (C=N–C) groups is 1. The lowest BCUT2D eigenvalue weighted by Crippen LogP contribution is -2.24. The van der Waals surface area contributed by atoms with E-state index in [1.807, 2.05) is 0 Å². The number of aryl methyl sites for hydroxylation is 1. The molecule has 1 aromatic rings. The lowest BCUT2D eigenvalue weighted by Gasteiger charge is -2.19. The molecule has 0 saturated heterocycles. The van der Waals surface area contributed by atoms with E-state index in [1.54, 1.807) is 5.57 Å². The molecule has 0 fully saturated rings. The van der Waals surface area contributed by atoms with Crippen LogP contribution in [0.2, 0.25) is 0 Å². The largest absolute Gasteiger partial charge is 0.370 e. The van der Waals surface area contributed by atoms with Gasteiger partial charge in [-0.2, -0.15) is 0 Å². The summed E-state index contributed by atoms with van der Waals surface area (Å²) in [6.07, 6.45) is 12.1. The lowest BCUT2D eigenvalue weighted by molar-refractivity contribution is 0.687. The first kappa shape index (κ1) is 17.3. The van der Waals surface area contributed by atoms with Crippen molar-refractivity contribution in [2.45, 2.75) is 51.4 Å². The molecule has 1 aromatic carbocycles. The summed E-state index contributed by atoms with van der Waals surface area (Å²) in [6.45, 7) is 0.791. The standard InChI is InChI=1S/C18H25N3.HI/c19-18(20-13-12-14-6-1-2-7-14)21-17-11-5-9-15-8-3-4-10-16(15)17;/h5-6,9,11H,1-4,7-8,10,12-13H2,(H3,19,20,21);1H. The summed E-state index contributed by atoms with van der Waals surface area (Å²) in [5.41, 5.74) is 11.6. The second-order valence-corrected chi connectivity index (χ2v) is 6.05. The Kier molecular flexibility index (Phi) is 6.73. The van der Waals surface area contributed by atoms with E-state index in [9.17, 15) is 0 Å². The molecule has 0 saturated carbocycles. The zero-order chi connectivity index (χ0) is 14.5. The topological polar surface area (TPSA) is 50.4 Å². The Labute approximate surface area is 150 Å². The van der Waals surface area contributed by atoms with Crippen molar-refractivity contribution >= 4 is 35.6 Å². The monoisotopic (exact) mass is 411 g/mol. The van der Waals surface area contributed by atoms with Gasteiger partial charge in [-0.3, -0.25) is 4.99 Å². The molecule has 3 N–H and O–H groups in total. The highest BCUT2D eigenvalue weighted by molar-refractivity contribution is 14.0. The van der Waals surface area contributed by atoms with Crippen LogP contribution in [0.3, 0.4) is 0 Å². The first-order chi connectivity index (χ1) is 10.3. The summed E-state index contributed by atoms with van der Waals surface area (Å²) < 4.78 is 0. The van der Waals surface area contributed by atoms with Gasteiger partial charge in [0.25, 0.3) is 0 Å². The number of nitrogens with zero attached hydrogens (tertiary/aromatic N) is 1. The van der Waals surface area contributed by atoms with Crippen molar-refractivity contribution in [1.29, 1.82) is 0 Å². The third-order valence-corrected chi connectivity index (χ3v) is 4.51. The number of nitrogens with two attached hydrogens (primary N) is 1. The van der Waals surface area contributed by atoms with Crippen LogP contribution in [0.4, 0.5) is 5.69 Å². The van der Waals surface area contributed by atoms with Gasteiger partial charge in [0, 0.05) is 12.2 Å². The summed E-state index contributed by atoms with van der Waals surface area (Å²) in [5, 5.41) is 3.30. The Bertz CT molecular complexity index is 563. The zero-order valence-electron chi connectivity index (χ0n) is 13.1. The molecule has 3 nitrogen and oxygen atoms in total. The van der Waals surface area contributed by atoms with Gasteiger partial charge in [0.15, 0.2) is 5.96 Å². The normalized spacial score (nSPS) is 17.5. The number of benzene rings is 1. The molecule has 0 spiro atoms. The zero-order valence-corrected chi connectivity index (χ0v) is 15.4. The van der Waals surface area contributed by atoms with Crippen molar-refractivity contribution < 1.29 is 0 Å². The van der Waals surface area contributed by atoms with Crippen LogP contribution in [0.1, 0.15) is 49.7 Å². The molecule has 2 aliphatic carbocycles. The maximum absolute atomic E-state index is 6.04. The molecule has 0 heterocycles. The highest BCUT2D eigenvalue weighted by Crippen LogP contribution is 2.27. The van der Waals surface area contributed by atoms with E-state index < -0.39 is 0 Å². The summed E-state index contributed by atoms with van der Waals surface area (Å²) in [4.78, 5) is 4.47. The fraction of sp³-hybridized carbons (Fsp3) is 0.500. The van der Waals surface area contributed by atoms with E-state index in [4.69, 9.17) is 5.73 Å². The third kappa shape index (κ3) is 4.48. The van der Waals surface area contributed by atoms with Crippen LogP contribution >= 0.6 is 24.0 Å². The van der Waals surface area contributed by atoms with Crippen LogP contribution in [0.5, 0.6) is 0 Å². The number of nitrogens with one attached hydrogen (secondary N) is 1. The molecule has 0 radical (unpaired) electrons. The van der Waals surface area contributed by atoms with Gasteiger partial charge < -0.3 is 11.1 Å². The first-order valence-electron chi connectivity index (χ1n) is 8.18. The highest BCUT2D eigenvalue weighted by atomic mass is 127. The van der Waals surface area contributed by atoms with Gasteiger partial charge in [0.1, 0.15) is 0 Å². The van der Waals surface area contributed by atoms with Gasteiger partial charge in [0.2, 0.25) is 0 Å². The molecule has 22 heavy (non-hydrogen) atoms. The number of rotatable bonds is 4. The molecular formula is C18H26IN3. The van der Waals surface area contributed by atoms with Crippen molar-refractivity contribution in [3.8, 4) is 0 Å². The van der Waals surface area contributed by atoms with Crippen LogP contribution < -0.4 is 11.1 Å². The Hall–Kier alpha value is -1.04. The molecule has 2 aliphatic rings. The van der Waals surface area contributed by atoms with E-state index in [0.717, 1.165) is 25.1 Å². The number of guanidine groups is 1. The lowest BCUT2D eigenvalue weighted by atomic mass is 9.90. The smallest absolute Gasteiger partial charge is 0.193 e. The summed E-state index contributed by atoms with van der Waals surface area (Å²) in [6, 6.07) is 6.47. The van der Waals surface area contributed by atoms with Crippen molar-refractivity contribution in [3.05, 3.63) is 41.0 Å². The van der Waals surface area contributed by atoms with Crippen molar-refractivity contribution in [3.63, 3.8) is 0 Å². The Morgan fingerprint density at radius 2 is 2.00 bits per heavy atom. The van der Waals surface area contributed by atoms with E-state index in [2.05, 4.69) is 34.6 Å². The van der Waals surface area contributed by atoms with E-state index >= 15 is 0 Å². The molecule has 0 amide bonds. The fourth-order valence-corrected chi connectivity index (χ4v) is 3.36. The van der Waals surface area contributed by atoms with Gasteiger partial charge in [-0.25, -0.2) is 0 Å². The minimum Gasteiger partial charge on any atom is -0.370 e. The van der Waals surface area contributed by atoms with Gasteiger partial charge in [-0.15, -0.1) is 24.0 Å². The number of allylic oxidation sites excluding steroid dienone is 1. The first-order valence-corrected chi connectivity index (χ1v) is 8.18. The van der Waals surface area contributed by atoms with Crippen LogP contribution in [-0.4, -0.2) is 12.5 Å². The van der Waals surface area contributed by atoms with Crippen LogP contribution in [0, 0.1) is 0 Å².